The molecule has 0 aliphatic rings. The van der Waals surface area contributed by atoms with Crippen LogP contribution in [0.3, 0.4) is 0 Å². The van der Waals surface area contributed by atoms with Crippen LogP contribution in [0.4, 0.5) is 0 Å². The Kier molecular flexibility index (Phi) is 3.66. The van der Waals surface area contributed by atoms with E-state index in [4.69, 9.17) is 9.47 Å². The zero-order valence-electron chi connectivity index (χ0n) is 11.8. The van der Waals surface area contributed by atoms with Crippen LogP contribution >= 0.6 is 11.3 Å². The summed E-state index contributed by atoms with van der Waals surface area (Å²) in [6, 6.07) is 5.68. The number of fused-ring (bicyclic) bond motifs is 3. The highest BCUT2D eigenvalue weighted by atomic mass is 32.1. The van der Waals surface area contributed by atoms with Gasteiger partial charge in [-0.15, -0.1) is 11.3 Å². The normalized spacial score (nSPS) is 11.5. The number of pyridine rings is 1. The number of hydrogen-bond acceptors (Lipinski definition) is 4. The lowest BCUT2D eigenvalue weighted by Crippen LogP contribution is -2.05. The summed E-state index contributed by atoms with van der Waals surface area (Å²) in [6.07, 6.45) is 3.53. The molecule has 2 heterocycles. The van der Waals surface area contributed by atoms with Crippen LogP contribution in [-0.4, -0.2) is 18.7 Å². The Morgan fingerprint density at radius 1 is 1.33 bits per heavy atom. The van der Waals surface area contributed by atoms with Gasteiger partial charge in [0.2, 0.25) is 0 Å². The largest absolute Gasteiger partial charge is 0.501 e. The lowest BCUT2D eigenvalue weighted by molar-refractivity contribution is 0.272. The van der Waals surface area contributed by atoms with Crippen molar-refractivity contribution < 1.29 is 9.47 Å². The van der Waals surface area contributed by atoms with Gasteiger partial charge in [0.15, 0.2) is 0 Å². The predicted molar refractivity (Wildman–Crippen MR) is 87.2 cm³/mol. The maximum Gasteiger partial charge on any atom is 0.266 e. The molecule has 0 saturated heterocycles. The molecule has 2 aromatic heterocycles. The van der Waals surface area contributed by atoms with Crippen LogP contribution in [0.1, 0.15) is 12.5 Å². The molecule has 3 rings (SSSR count). The fourth-order valence-corrected chi connectivity index (χ4v) is 3.21. The molecule has 0 radical (unpaired) electrons. The molecular weight excluding hydrogens is 286 g/mol. The third-order valence-corrected chi connectivity index (χ3v) is 4.23. The second-order valence-corrected chi connectivity index (χ2v) is 5.40. The number of aromatic amines is 1. The molecule has 4 nitrogen and oxygen atoms in total. The summed E-state index contributed by atoms with van der Waals surface area (Å²) < 4.78 is 11.5. The fourth-order valence-electron chi connectivity index (χ4n) is 2.41. The standard InChI is InChI=1S/C16H15NO3S/c1-3-20-8-6-10-13(19-2)5-4-12-14(10)11-7-9-21-15(11)16(18)17-12/h4-9H,3H2,1-2H3,(H,17,18)/b8-6+. The highest BCUT2D eigenvalue weighted by Gasteiger charge is 2.12. The molecular formula is C16H15NO3S. The maximum atomic E-state index is 12.1. The SMILES string of the molecule is CCO/C=C/c1c(OC)ccc2[nH]c(=O)c3sccc3c12. The topological polar surface area (TPSA) is 51.3 Å². The Balaban J connectivity index is 2.40. The second-order valence-electron chi connectivity index (χ2n) is 4.48. The number of hydrogen-bond donors (Lipinski definition) is 1. The molecule has 0 unspecified atom stereocenters. The quantitative estimate of drug-likeness (QED) is 0.746. The van der Waals surface area contributed by atoms with E-state index in [0.29, 0.717) is 6.61 Å². The number of ether oxygens (including phenoxy) is 2. The lowest BCUT2D eigenvalue weighted by atomic mass is 10.0. The Hall–Kier alpha value is -2.27. The predicted octanol–water partition coefficient (Wildman–Crippen LogP) is 3.76. The summed E-state index contributed by atoms with van der Waals surface area (Å²) in [5.74, 6) is 0.748. The van der Waals surface area contributed by atoms with Gasteiger partial charge in [-0.2, -0.15) is 0 Å². The van der Waals surface area contributed by atoms with E-state index in [2.05, 4.69) is 4.98 Å². The number of methoxy groups -OCH3 is 1. The van der Waals surface area contributed by atoms with E-state index in [9.17, 15) is 4.79 Å². The smallest absolute Gasteiger partial charge is 0.266 e. The molecule has 0 fully saturated rings. The van der Waals surface area contributed by atoms with Crippen molar-refractivity contribution in [2.45, 2.75) is 6.92 Å². The van der Waals surface area contributed by atoms with Gasteiger partial charge in [-0.05, 0) is 36.6 Å². The van der Waals surface area contributed by atoms with Crippen LogP contribution < -0.4 is 10.3 Å². The van der Waals surface area contributed by atoms with Crippen molar-refractivity contribution in [2.24, 2.45) is 0 Å². The molecule has 0 spiro atoms. The van der Waals surface area contributed by atoms with Gasteiger partial charge in [0, 0.05) is 21.9 Å². The van der Waals surface area contributed by atoms with E-state index in [1.54, 1.807) is 13.4 Å². The highest BCUT2D eigenvalue weighted by molar-refractivity contribution is 7.17. The summed E-state index contributed by atoms with van der Waals surface area (Å²) in [5, 5.41) is 3.84. The molecule has 0 atom stereocenters. The van der Waals surface area contributed by atoms with Gasteiger partial charge in [0.25, 0.3) is 5.56 Å². The van der Waals surface area contributed by atoms with Crippen molar-refractivity contribution in [1.82, 2.24) is 4.98 Å². The van der Waals surface area contributed by atoms with Crippen LogP contribution in [-0.2, 0) is 4.74 Å². The Labute approximate surface area is 125 Å². The molecule has 3 aromatic rings. The van der Waals surface area contributed by atoms with Crippen LogP contribution in [0.25, 0.3) is 27.1 Å². The molecule has 1 aromatic carbocycles. The summed E-state index contributed by atoms with van der Waals surface area (Å²) in [7, 11) is 1.63. The average molecular weight is 301 g/mol. The van der Waals surface area contributed by atoms with Crippen LogP contribution in [0, 0.1) is 0 Å². The van der Waals surface area contributed by atoms with Crippen molar-refractivity contribution in [1.29, 1.82) is 0 Å². The first kappa shape index (κ1) is 13.7. The van der Waals surface area contributed by atoms with Crippen LogP contribution in [0.15, 0.2) is 34.6 Å². The average Bonchev–Trinajstić information content (AvgIpc) is 2.97. The highest BCUT2D eigenvalue weighted by Crippen LogP contribution is 2.33. The molecule has 0 amide bonds. The summed E-state index contributed by atoms with van der Waals surface area (Å²) >= 11 is 1.44. The van der Waals surface area contributed by atoms with Crippen molar-refractivity contribution in [2.75, 3.05) is 13.7 Å². The second kappa shape index (κ2) is 5.61. The van der Waals surface area contributed by atoms with Crippen LogP contribution in [0.2, 0.25) is 0 Å². The van der Waals surface area contributed by atoms with E-state index >= 15 is 0 Å². The van der Waals surface area contributed by atoms with E-state index < -0.39 is 0 Å². The minimum Gasteiger partial charge on any atom is -0.501 e. The van der Waals surface area contributed by atoms with Gasteiger partial charge in [-0.3, -0.25) is 4.79 Å². The number of aromatic nitrogens is 1. The van der Waals surface area contributed by atoms with Gasteiger partial charge in [-0.1, -0.05) is 0 Å². The molecule has 1 N–H and O–H groups in total. The molecule has 0 aliphatic heterocycles. The third-order valence-electron chi connectivity index (χ3n) is 3.31. The zero-order valence-corrected chi connectivity index (χ0v) is 12.6. The van der Waals surface area contributed by atoms with Crippen molar-refractivity contribution >= 4 is 38.4 Å². The number of nitrogens with one attached hydrogen (secondary N) is 1. The number of rotatable bonds is 4. The van der Waals surface area contributed by atoms with E-state index in [0.717, 1.165) is 32.3 Å². The maximum absolute atomic E-state index is 12.1. The molecule has 5 heteroatoms. The molecule has 0 aliphatic carbocycles. The number of thiophene rings is 1. The van der Waals surface area contributed by atoms with Crippen molar-refractivity contribution in [3.63, 3.8) is 0 Å². The number of H-pyrrole nitrogens is 1. The van der Waals surface area contributed by atoms with Gasteiger partial charge >= 0.3 is 0 Å². The van der Waals surface area contributed by atoms with E-state index in [-0.39, 0.29) is 5.56 Å². The van der Waals surface area contributed by atoms with Crippen molar-refractivity contribution in [3.05, 3.63) is 45.8 Å². The Morgan fingerprint density at radius 3 is 2.95 bits per heavy atom. The molecule has 108 valence electrons. The van der Waals surface area contributed by atoms with Crippen molar-refractivity contribution in [3.8, 4) is 5.75 Å². The first-order chi connectivity index (χ1) is 10.3. The summed E-state index contributed by atoms with van der Waals surface area (Å²) in [5.41, 5.74) is 1.64. The number of benzene rings is 1. The minimum absolute atomic E-state index is 0.0580. The zero-order chi connectivity index (χ0) is 14.8. The van der Waals surface area contributed by atoms with Gasteiger partial charge in [0.05, 0.1) is 20.0 Å². The lowest BCUT2D eigenvalue weighted by Gasteiger charge is -2.10. The summed E-state index contributed by atoms with van der Waals surface area (Å²) in [6.45, 7) is 2.54. The minimum atomic E-state index is -0.0580. The van der Waals surface area contributed by atoms with E-state index in [1.807, 2.05) is 36.6 Å². The Morgan fingerprint density at radius 2 is 2.19 bits per heavy atom. The molecule has 0 saturated carbocycles. The Bertz CT molecular complexity index is 876. The summed E-state index contributed by atoms with van der Waals surface area (Å²) in [4.78, 5) is 15.0. The monoisotopic (exact) mass is 301 g/mol. The molecule has 0 bridgehead atoms. The molecule has 21 heavy (non-hydrogen) atoms. The third kappa shape index (κ3) is 2.29. The first-order valence-electron chi connectivity index (χ1n) is 6.64. The fraction of sp³-hybridized carbons (Fsp3) is 0.188. The first-order valence-corrected chi connectivity index (χ1v) is 7.52. The van der Waals surface area contributed by atoms with Gasteiger partial charge in [0.1, 0.15) is 10.4 Å². The van der Waals surface area contributed by atoms with Gasteiger partial charge < -0.3 is 14.5 Å². The van der Waals surface area contributed by atoms with Gasteiger partial charge in [-0.25, -0.2) is 0 Å². The van der Waals surface area contributed by atoms with Crippen LogP contribution in [0.5, 0.6) is 5.75 Å². The van der Waals surface area contributed by atoms with E-state index in [1.165, 1.54) is 11.3 Å².